The Morgan fingerprint density at radius 1 is 1.09 bits per heavy atom. The summed E-state index contributed by atoms with van der Waals surface area (Å²) in [7, 11) is -4.46. The summed E-state index contributed by atoms with van der Waals surface area (Å²) in [4.78, 5) is 26.1. The maximum atomic E-state index is 13.9. The van der Waals surface area contributed by atoms with Gasteiger partial charge in [0.2, 0.25) is 5.91 Å². The van der Waals surface area contributed by atoms with Crippen LogP contribution >= 0.6 is 0 Å². The molecule has 9 nitrogen and oxygen atoms in total. The zero-order valence-corrected chi connectivity index (χ0v) is 22.5. The molecule has 3 aliphatic carbocycles. The highest BCUT2D eigenvalue weighted by Crippen LogP contribution is 2.65. The predicted molar refractivity (Wildman–Crippen MR) is 135 cm³/mol. The van der Waals surface area contributed by atoms with Crippen molar-refractivity contribution in [3.05, 3.63) is 0 Å². The Kier molecular flexibility index (Phi) is 8.93. The van der Waals surface area contributed by atoms with E-state index in [1.807, 2.05) is 0 Å². The minimum absolute atomic E-state index is 0.0632. The van der Waals surface area contributed by atoms with Crippen molar-refractivity contribution in [2.24, 2.45) is 33.5 Å². The van der Waals surface area contributed by atoms with Gasteiger partial charge in [0.05, 0.1) is 0 Å². The summed E-state index contributed by atoms with van der Waals surface area (Å²) in [6.45, 7) is 7.10. The minimum atomic E-state index is -4.46. The van der Waals surface area contributed by atoms with Gasteiger partial charge in [-0.15, -0.1) is 0 Å². The number of aliphatic carboxylic acids is 1. The van der Waals surface area contributed by atoms with Crippen molar-refractivity contribution in [2.75, 3.05) is 6.54 Å². The number of unbranched alkanes of at least 4 members (excludes halogenated alkanes) is 1. The molecule has 2 bridgehead atoms. The van der Waals surface area contributed by atoms with E-state index in [9.17, 15) is 23.1 Å². The summed E-state index contributed by atoms with van der Waals surface area (Å²) in [5.41, 5.74) is 5.57. The van der Waals surface area contributed by atoms with Gasteiger partial charge in [-0.2, -0.15) is 12.7 Å². The number of carboxylic acid groups (broad SMARTS) is 1. The van der Waals surface area contributed by atoms with Crippen molar-refractivity contribution < 1.29 is 23.1 Å². The topological polar surface area (TPSA) is 156 Å². The first-order chi connectivity index (χ1) is 16.3. The summed E-state index contributed by atoms with van der Waals surface area (Å²) in [5.74, 6) is -1.03. The van der Waals surface area contributed by atoms with E-state index in [0.29, 0.717) is 31.7 Å². The van der Waals surface area contributed by atoms with Crippen molar-refractivity contribution in [1.29, 1.82) is 0 Å². The zero-order chi connectivity index (χ0) is 26.0. The molecule has 6 N–H and O–H groups in total. The molecule has 1 amide bonds. The Labute approximate surface area is 210 Å². The second-order valence-electron chi connectivity index (χ2n) is 11.9. The molecule has 0 heterocycles. The first-order valence-corrected chi connectivity index (χ1v) is 14.9. The van der Waals surface area contributed by atoms with E-state index in [4.69, 9.17) is 10.9 Å². The van der Waals surface area contributed by atoms with Crippen molar-refractivity contribution in [3.63, 3.8) is 0 Å². The molecule has 3 fully saturated rings. The van der Waals surface area contributed by atoms with E-state index in [2.05, 4.69) is 26.1 Å². The normalized spacial score (nSPS) is 30.3. The third kappa shape index (κ3) is 5.86. The third-order valence-electron chi connectivity index (χ3n) is 9.82. The van der Waals surface area contributed by atoms with Crippen LogP contribution in [0.5, 0.6) is 0 Å². The molecule has 5 atom stereocenters. The van der Waals surface area contributed by atoms with Crippen LogP contribution in [-0.2, 0) is 19.8 Å². The molecule has 0 aromatic rings. The summed E-state index contributed by atoms with van der Waals surface area (Å²) in [6, 6.07) is -2.61. The predicted octanol–water partition coefficient (Wildman–Crippen LogP) is 2.74. The quantitative estimate of drug-likeness (QED) is 0.293. The molecule has 3 rings (SSSR count). The van der Waals surface area contributed by atoms with Gasteiger partial charge in [0, 0.05) is 6.04 Å². The molecule has 0 unspecified atom stereocenters. The van der Waals surface area contributed by atoms with Gasteiger partial charge in [0.1, 0.15) is 12.1 Å². The Balaban J connectivity index is 1.91. The monoisotopic (exact) mass is 514 g/mol. The second kappa shape index (κ2) is 11.0. The number of carboxylic acids is 1. The molecule has 0 saturated heterocycles. The van der Waals surface area contributed by atoms with Gasteiger partial charge in [-0.25, -0.2) is 5.14 Å². The van der Waals surface area contributed by atoms with Gasteiger partial charge in [0.15, 0.2) is 0 Å². The SMILES string of the molecule is CC1(C)[C@@H]2CC[C@@]1(C)[C@@H](NC(=O)[C@H](CC1CCCCC1)N([C@@H](CCCCN)C(=O)O)S(N)(=O)=O)C2. The van der Waals surface area contributed by atoms with Crippen molar-refractivity contribution >= 4 is 22.1 Å². The van der Waals surface area contributed by atoms with Gasteiger partial charge in [0.25, 0.3) is 10.2 Å². The highest BCUT2D eigenvalue weighted by atomic mass is 32.2. The number of carbonyl (C=O) groups excluding carboxylic acids is 1. The smallest absolute Gasteiger partial charge is 0.322 e. The van der Waals surface area contributed by atoms with Gasteiger partial charge < -0.3 is 16.2 Å². The maximum Gasteiger partial charge on any atom is 0.322 e. The lowest BCUT2D eigenvalue weighted by Crippen LogP contribution is -2.60. The van der Waals surface area contributed by atoms with Crippen LogP contribution < -0.4 is 16.2 Å². The zero-order valence-electron chi connectivity index (χ0n) is 21.7. The molecular weight excluding hydrogens is 468 g/mol. The number of amides is 1. The number of hydrogen-bond acceptors (Lipinski definition) is 5. The first kappa shape index (κ1) is 28.3. The third-order valence-corrected chi connectivity index (χ3v) is 10.9. The fourth-order valence-corrected chi connectivity index (χ4v) is 8.26. The minimum Gasteiger partial charge on any atom is -0.480 e. The van der Waals surface area contributed by atoms with Crippen molar-refractivity contribution in [2.45, 2.75) is 116 Å². The van der Waals surface area contributed by atoms with Crippen LogP contribution in [0, 0.1) is 22.7 Å². The summed E-state index contributed by atoms with van der Waals surface area (Å²) >= 11 is 0. The molecule has 0 aromatic heterocycles. The number of hydrogen-bond donors (Lipinski definition) is 4. The molecule has 35 heavy (non-hydrogen) atoms. The van der Waals surface area contributed by atoms with E-state index in [-0.39, 0.29) is 29.2 Å². The standard InChI is InChI=1S/C25H46N4O5S/c1-24(2)18-12-13-25(24,3)21(16-18)28-22(30)20(15-17-9-5-4-6-10-17)29(35(27,33)34)19(23(31)32)11-7-8-14-26/h17-21H,4-16,26H2,1-3H3,(H,28,30)(H,31,32)(H2,27,33,34)/t18-,19+,20+,21+,25+/m1/s1. The summed E-state index contributed by atoms with van der Waals surface area (Å²) in [5, 5.41) is 18.8. The van der Waals surface area contributed by atoms with E-state index in [0.717, 1.165) is 55.7 Å². The molecule has 3 aliphatic rings. The van der Waals surface area contributed by atoms with Crippen LogP contribution in [-0.4, -0.2) is 54.4 Å². The number of fused-ring (bicyclic) bond motifs is 2. The lowest BCUT2D eigenvalue weighted by atomic mass is 9.69. The van der Waals surface area contributed by atoms with Crippen molar-refractivity contribution in [1.82, 2.24) is 9.62 Å². The summed E-state index contributed by atoms with van der Waals surface area (Å²) in [6.07, 6.45) is 9.37. The van der Waals surface area contributed by atoms with E-state index in [1.54, 1.807) is 0 Å². The van der Waals surface area contributed by atoms with Gasteiger partial charge in [-0.3, -0.25) is 9.59 Å². The molecule has 0 spiro atoms. The summed E-state index contributed by atoms with van der Waals surface area (Å²) < 4.78 is 26.5. The lowest BCUT2D eigenvalue weighted by molar-refractivity contribution is -0.143. The van der Waals surface area contributed by atoms with Gasteiger partial charge in [-0.1, -0.05) is 52.9 Å². The molecule has 10 heteroatoms. The molecular formula is C25H46N4O5S. The Bertz CT molecular complexity index is 873. The van der Waals surface area contributed by atoms with Crippen LogP contribution in [0.25, 0.3) is 0 Å². The molecule has 0 radical (unpaired) electrons. The van der Waals surface area contributed by atoms with Crippen LogP contribution in [0.2, 0.25) is 0 Å². The van der Waals surface area contributed by atoms with Crippen LogP contribution in [0.1, 0.15) is 97.8 Å². The van der Waals surface area contributed by atoms with Crippen molar-refractivity contribution in [3.8, 4) is 0 Å². The Morgan fingerprint density at radius 3 is 2.23 bits per heavy atom. The molecule has 3 saturated carbocycles. The van der Waals surface area contributed by atoms with E-state index < -0.39 is 34.2 Å². The first-order valence-electron chi connectivity index (χ1n) is 13.4. The largest absolute Gasteiger partial charge is 0.480 e. The van der Waals surface area contributed by atoms with Crippen LogP contribution in [0.3, 0.4) is 0 Å². The number of nitrogens with zero attached hydrogens (tertiary/aromatic N) is 1. The highest BCUT2D eigenvalue weighted by Gasteiger charge is 2.62. The average Bonchev–Trinajstić information content (AvgIpc) is 3.11. The number of carbonyl (C=O) groups is 2. The van der Waals surface area contributed by atoms with E-state index >= 15 is 0 Å². The highest BCUT2D eigenvalue weighted by molar-refractivity contribution is 7.86. The van der Waals surface area contributed by atoms with E-state index in [1.165, 1.54) is 0 Å². The number of nitrogens with two attached hydrogens (primary N) is 2. The fraction of sp³-hybridized carbons (Fsp3) is 0.920. The van der Waals surface area contributed by atoms with Gasteiger partial charge in [-0.05, 0) is 74.2 Å². The molecule has 202 valence electrons. The Hall–Kier alpha value is -1.23. The number of rotatable bonds is 12. The fourth-order valence-electron chi connectivity index (χ4n) is 7.17. The Morgan fingerprint density at radius 2 is 1.74 bits per heavy atom. The number of nitrogens with one attached hydrogen (secondary N) is 1. The lowest BCUT2D eigenvalue weighted by Gasteiger charge is -2.41. The molecule has 0 aliphatic heterocycles. The maximum absolute atomic E-state index is 13.9. The van der Waals surface area contributed by atoms with Crippen LogP contribution in [0.15, 0.2) is 0 Å². The second-order valence-corrected chi connectivity index (χ2v) is 13.4. The average molecular weight is 515 g/mol. The van der Waals surface area contributed by atoms with Gasteiger partial charge >= 0.3 is 5.97 Å². The molecule has 0 aromatic carbocycles. The van der Waals surface area contributed by atoms with Crippen LogP contribution in [0.4, 0.5) is 0 Å².